The van der Waals surface area contributed by atoms with E-state index in [1.54, 1.807) is 12.1 Å². The first-order chi connectivity index (χ1) is 13.0. The minimum absolute atomic E-state index is 0.267. The standard InChI is InChI=1S/C20H30FN5O/c1-5-22-20(24-14-19-23-10-11-26(19)15-16(2)3)25(4)12-13-27-18-8-6-17(21)7-9-18/h6-11,16H,5,12-15H2,1-4H3,(H,22,24). The number of ether oxygens (including phenoxy) is 1. The van der Waals surface area contributed by atoms with Crippen LogP contribution in [0.3, 0.4) is 0 Å². The van der Waals surface area contributed by atoms with Crippen molar-refractivity contribution in [3.63, 3.8) is 0 Å². The molecular formula is C20H30FN5O. The Morgan fingerprint density at radius 3 is 2.74 bits per heavy atom. The molecule has 27 heavy (non-hydrogen) atoms. The molecule has 0 amide bonds. The number of halogens is 1. The number of guanidine groups is 1. The molecule has 0 fully saturated rings. The summed E-state index contributed by atoms with van der Waals surface area (Å²) in [6.07, 6.45) is 3.82. The maximum Gasteiger partial charge on any atom is 0.194 e. The van der Waals surface area contributed by atoms with E-state index in [9.17, 15) is 4.39 Å². The molecule has 1 aromatic carbocycles. The third-order valence-corrected chi connectivity index (χ3v) is 3.94. The Kier molecular flexibility index (Phi) is 8.10. The van der Waals surface area contributed by atoms with Gasteiger partial charge >= 0.3 is 0 Å². The lowest BCUT2D eigenvalue weighted by atomic mass is 10.2. The van der Waals surface area contributed by atoms with E-state index in [1.165, 1.54) is 12.1 Å². The van der Waals surface area contributed by atoms with Gasteiger partial charge in [0.1, 0.15) is 30.5 Å². The van der Waals surface area contributed by atoms with Crippen LogP contribution in [0.2, 0.25) is 0 Å². The van der Waals surface area contributed by atoms with Crippen LogP contribution in [-0.2, 0) is 13.1 Å². The molecule has 0 saturated heterocycles. The predicted octanol–water partition coefficient (Wildman–Crippen LogP) is 3.15. The summed E-state index contributed by atoms with van der Waals surface area (Å²) in [6.45, 7) is 9.78. The predicted molar refractivity (Wildman–Crippen MR) is 106 cm³/mol. The quantitative estimate of drug-likeness (QED) is 0.540. The zero-order chi connectivity index (χ0) is 19.6. The molecule has 6 nitrogen and oxygen atoms in total. The molecule has 1 aromatic heterocycles. The number of likely N-dealkylation sites (N-methyl/N-ethyl adjacent to an activating group) is 1. The first-order valence-corrected chi connectivity index (χ1v) is 9.37. The van der Waals surface area contributed by atoms with E-state index < -0.39 is 0 Å². The van der Waals surface area contributed by atoms with Crippen molar-refractivity contribution in [3.8, 4) is 5.75 Å². The summed E-state index contributed by atoms with van der Waals surface area (Å²) in [4.78, 5) is 11.1. The van der Waals surface area contributed by atoms with Crippen molar-refractivity contribution in [2.75, 3.05) is 26.7 Å². The Morgan fingerprint density at radius 2 is 2.07 bits per heavy atom. The average Bonchev–Trinajstić information content (AvgIpc) is 3.06. The van der Waals surface area contributed by atoms with Crippen LogP contribution in [0.4, 0.5) is 4.39 Å². The van der Waals surface area contributed by atoms with Gasteiger partial charge in [0.05, 0.1) is 6.54 Å². The van der Waals surface area contributed by atoms with Crippen LogP contribution in [0.1, 0.15) is 26.6 Å². The zero-order valence-corrected chi connectivity index (χ0v) is 16.7. The summed E-state index contributed by atoms with van der Waals surface area (Å²) in [6, 6.07) is 6.04. The smallest absolute Gasteiger partial charge is 0.194 e. The molecule has 1 N–H and O–H groups in total. The normalized spacial score (nSPS) is 11.7. The Hall–Kier alpha value is -2.57. The molecule has 0 spiro atoms. The maximum atomic E-state index is 12.9. The van der Waals surface area contributed by atoms with Crippen molar-refractivity contribution in [1.82, 2.24) is 19.8 Å². The number of benzene rings is 1. The van der Waals surface area contributed by atoms with Gasteiger partial charge in [-0.3, -0.25) is 0 Å². The molecule has 148 valence electrons. The van der Waals surface area contributed by atoms with Gasteiger partial charge in [0.2, 0.25) is 0 Å². The Labute approximate surface area is 161 Å². The summed E-state index contributed by atoms with van der Waals surface area (Å²) in [7, 11) is 1.97. The molecule has 7 heteroatoms. The van der Waals surface area contributed by atoms with Gasteiger partial charge in [-0.15, -0.1) is 0 Å². The number of aromatic nitrogens is 2. The van der Waals surface area contributed by atoms with Crippen LogP contribution in [0.5, 0.6) is 5.75 Å². The topological polar surface area (TPSA) is 54.7 Å². The largest absolute Gasteiger partial charge is 0.492 e. The first kappa shape index (κ1) is 20.7. The van der Waals surface area contributed by atoms with E-state index in [-0.39, 0.29) is 5.82 Å². The van der Waals surface area contributed by atoms with Gasteiger partial charge in [0.15, 0.2) is 5.96 Å². The van der Waals surface area contributed by atoms with Gasteiger partial charge < -0.3 is 19.5 Å². The number of hydrogen-bond acceptors (Lipinski definition) is 3. The Balaban J connectivity index is 1.91. The fraction of sp³-hybridized carbons (Fsp3) is 0.500. The lowest BCUT2D eigenvalue weighted by Gasteiger charge is -2.22. The second-order valence-electron chi connectivity index (χ2n) is 6.78. The lowest BCUT2D eigenvalue weighted by Crippen LogP contribution is -2.41. The summed E-state index contributed by atoms with van der Waals surface area (Å²) in [5.41, 5.74) is 0. The van der Waals surface area contributed by atoms with E-state index in [0.717, 1.165) is 24.9 Å². The molecule has 2 aromatic rings. The van der Waals surface area contributed by atoms with Crippen LogP contribution in [0, 0.1) is 11.7 Å². The summed E-state index contributed by atoms with van der Waals surface area (Å²) in [5.74, 6) is 2.70. The van der Waals surface area contributed by atoms with Crippen molar-refractivity contribution in [1.29, 1.82) is 0 Å². The van der Waals surface area contributed by atoms with Crippen LogP contribution in [-0.4, -0.2) is 47.2 Å². The highest BCUT2D eigenvalue weighted by molar-refractivity contribution is 5.79. The monoisotopic (exact) mass is 375 g/mol. The van der Waals surface area contributed by atoms with Gasteiger partial charge in [0.25, 0.3) is 0 Å². The van der Waals surface area contributed by atoms with E-state index >= 15 is 0 Å². The van der Waals surface area contributed by atoms with Crippen molar-refractivity contribution < 1.29 is 9.13 Å². The molecule has 0 atom stereocenters. The van der Waals surface area contributed by atoms with Crippen LogP contribution < -0.4 is 10.1 Å². The van der Waals surface area contributed by atoms with Crippen molar-refractivity contribution in [3.05, 3.63) is 48.3 Å². The Morgan fingerprint density at radius 1 is 1.33 bits per heavy atom. The average molecular weight is 375 g/mol. The van der Waals surface area contributed by atoms with E-state index in [0.29, 0.717) is 31.4 Å². The molecule has 0 aliphatic carbocycles. The number of aliphatic imine (C=N–C) groups is 1. The summed E-state index contributed by atoms with van der Waals surface area (Å²) in [5, 5.41) is 3.29. The fourth-order valence-corrected chi connectivity index (χ4v) is 2.60. The van der Waals surface area contributed by atoms with Crippen molar-refractivity contribution in [2.45, 2.75) is 33.9 Å². The van der Waals surface area contributed by atoms with Crippen LogP contribution >= 0.6 is 0 Å². The van der Waals surface area contributed by atoms with Gasteiger partial charge in [-0.05, 0) is 37.1 Å². The van der Waals surface area contributed by atoms with Crippen LogP contribution in [0.25, 0.3) is 0 Å². The SMILES string of the molecule is CCNC(=NCc1nccn1CC(C)C)N(C)CCOc1ccc(F)cc1. The molecule has 0 aliphatic heterocycles. The van der Waals surface area contributed by atoms with Crippen molar-refractivity contribution in [2.24, 2.45) is 10.9 Å². The number of hydrogen-bond donors (Lipinski definition) is 1. The second-order valence-corrected chi connectivity index (χ2v) is 6.78. The number of nitrogens with zero attached hydrogens (tertiary/aromatic N) is 4. The number of imidazole rings is 1. The van der Waals surface area contributed by atoms with E-state index in [4.69, 9.17) is 9.73 Å². The summed E-state index contributed by atoms with van der Waals surface area (Å²) >= 11 is 0. The number of nitrogens with one attached hydrogen (secondary N) is 1. The third-order valence-electron chi connectivity index (χ3n) is 3.94. The maximum absolute atomic E-state index is 12.9. The second kappa shape index (κ2) is 10.5. The molecule has 2 rings (SSSR count). The molecule has 1 heterocycles. The first-order valence-electron chi connectivity index (χ1n) is 9.37. The Bertz CT molecular complexity index is 711. The van der Waals surface area contributed by atoms with Gasteiger partial charge in [-0.1, -0.05) is 13.8 Å². The summed E-state index contributed by atoms with van der Waals surface area (Å²) < 4.78 is 20.7. The van der Waals surface area contributed by atoms with Crippen molar-refractivity contribution >= 4 is 5.96 Å². The molecular weight excluding hydrogens is 345 g/mol. The molecule has 0 bridgehead atoms. The molecule has 0 unspecified atom stereocenters. The zero-order valence-electron chi connectivity index (χ0n) is 16.7. The molecule has 0 aliphatic rings. The van der Waals surface area contributed by atoms with Crippen LogP contribution in [0.15, 0.2) is 41.7 Å². The highest BCUT2D eigenvalue weighted by Gasteiger charge is 2.08. The molecule has 0 radical (unpaired) electrons. The minimum Gasteiger partial charge on any atom is -0.492 e. The number of rotatable bonds is 9. The lowest BCUT2D eigenvalue weighted by molar-refractivity contribution is 0.281. The highest BCUT2D eigenvalue weighted by Crippen LogP contribution is 2.11. The third kappa shape index (κ3) is 6.92. The van der Waals surface area contributed by atoms with E-state index in [2.05, 4.69) is 28.7 Å². The van der Waals surface area contributed by atoms with Gasteiger partial charge in [-0.2, -0.15) is 0 Å². The highest BCUT2D eigenvalue weighted by atomic mass is 19.1. The minimum atomic E-state index is -0.267. The van der Waals surface area contributed by atoms with Gasteiger partial charge in [-0.25, -0.2) is 14.4 Å². The molecule has 0 saturated carbocycles. The van der Waals surface area contributed by atoms with E-state index in [1.807, 2.05) is 31.3 Å². The van der Waals surface area contributed by atoms with Gasteiger partial charge in [0, 0.05) is 32.5 Å². The fourth-order valence-electron chi connectivity index (χ4n) is 2.60.